The van der Waals surface area contributed by atoms with E-state index in [0.717, 1.165) is 11.3 Å². The lowest BCUT2D eigenvalue weighted by Crippen LogP contribution is -1.98. The Hall–Kier alpha value is -1.97. The smallest absolute Gasteiger partial charge is 0.180 e. The molecule has 20 heavy (non-hydrogen) atoms. The van der Waals surface area contributed by atoms with Crippen LogP contribution in [0.2, 0.25) is 0 Å². The average Bonchev–Trinajstić information content (AvgIpc) is 2.56. The number of hydrogen-bond acceptors (Lipinski definition) is 4. The fraction of sp³-hybridized carbons (Fsp3) is 0.438. The van der Waals surface area contributed by atoms with Gasteiger partial charge in [0.15, 0.2) is 5.82 Å². The van der Waals surface area contributed by atoms with E-state index in [2.05, 4.69) is 15.0 Å². The maximum Gasteiger partial charge on any atom is 0.180 e. The summed E-state index contributed by atoms with van der Waals surface area (Å²) in [7, 11) is 0. The highest BCUT2D eigenvalue weighted by Gasteiger charge is 2.03. The van der Waals surface area contributed by atoms with Gasteiger partial charge >= 0.3 is 0 Å². The molecular formula is C16H28N4. The zero-order valence-electron chi connectivity index (χ0n) is 13.8. The molecular weight excluding hydrogens is 248 g/mol. The molecule has 0 saturated heterocycles. The van der Waals surface area contributed by atoms with Crippen molar-refractivity contribution in [3.63, 3.8) is 0 Å². The lowest BCUT2D eigenvalue weighted by Gasteiger charge is -2.01. The maximum atomic E-state index is 5.68. The molecule has 0 aliphatic carbocycles. The molecule has 2 aromatic rings. The Balaban J connectivity index is 0. The van der Waals surface area contributed by atoms with Crippen molar-refractivity contribution in [1.82, 2.24) is 15.0 Å². The second kappa shape index (κ2) is 13.5. The zero-order chi connectivity index (χ0) is 16.0. The minimum Gasteiger partial charge on any atom is -0.383 e. The van der Waals surface area contributed by atoms with Crippen LogP contribution in [0.1, 0.15) is 47.1 Å². The largest absolute Gasteiger partial charge is 0.383 e. The third-order valence-corrected chi connectivity index (χ3v) is 1.90. The molecule has 2 aromatic heterocycles. The molecule has 0 saturated carbocycles. The van der Waals surface area contributed by atoms with Gasteiger partial charge in [0.05, 0.1) is 0 Å². The molecule has 0 atom stereocenters. The molecule has 112 valence electrons. The lowest BCUT2D eigenvalue weighted by atomic mass is 10.3. The topological polar surface area (TPSA) is 64.7 Å². The Morgan fingerprint density at radius 1 is 0.900 bits per heavy atom. The van der Waals surface area contributed by atoms with E-state index < -0.39 is 0 Å². The van der Waals surface area contributed by atoms with Gasteiger partial charge < -0.3 is 5.73 Å². The van der Waals surface area contributed by atoms with E-state index >= 15 is 0 Å². The number of pyridine rings is 1. The van der Waals surface area contributed by atoms with Crippen molar-refractivity contribution in [3.8, 4) is 11.5 Å². The summed E-state index contributed by atoms with van der Waals surface area (Å²) in [6, 6.07) is 5.59. The number of aryl methyl sites for hydroxylation is 1. The van der Waals surface area contributed by atoms with Gasteiger partial charge in [-0.3, -0.25) is 4.98 Å². The van der Waals surface area contributed by atoms with Gasteiger partial charge in [-0.15, -0.1) is 0 Å². The van der Waals surface area contributed by atoms with E-state index in [-0.39, 0.29) is 0 Å². The summed E-state index contributed by atoms with van der Waals surface area (Å²) in [6.07, 6.45) is 3.40. The highest BCUT2D eigenvalue weighted by atomic mass is 15.0. The first-order valence-electron chi connectivity index (χ1n) is 7.28. The van der Waals surface area contributed by atoms with Crippen LogP contribution in [0.4, 0.5) is 5.82 Å². The van der Waals surface area contributed by atoms with Crippen molar-refractivity contribution in [1.29, 1.82) is 0 Å². The van der Waals surface area contributed by atoms with Crippen LogP contribution < -0.4 is 5.73 Å². The lowest BCUT2D eigenvalue weighted by molar-refractivity contribution is 1.12. The summed E-state index contributed by atoms with van der Waals surface area (Å²) in [5.74, 6) is 1.06. The van der Waals surface area contributed by atoms with Crippen molar-refractivity contribution in [3.05, 3.63) is 36.2 Å². The molecule has 0 spiro atoms. The number of nitrogens with zero attached hydrogens (tertiary/aromatic N) is 3. The van der Waals surface area contributed by atoms with Gasteiger partial charge in [-0.1, -0.05) is 47.6 Å². The third-order valence-electron chi connectivity index (χ3n) is 1.90. The van der Waals surface area contributed by atoms with E-state index in [9.17, 15) is 0 Å². The van der Waals surface area contributed by atoms with E-state index in [4.69, 9.17) is 5.73 Å². The predicted molar refractivity (Wildman–Crippen MR) is 88.5 cm³/mol. The quantitative estimate of drug-likeness (QED) is 0.832. The SMILES string of the molecule is CC.CC.CC.Cc1cnc(-c2ccccn2)nc1N. The van der Waals surface area contributed by atoms with Crippen LogP contribution in [-0.4, -0.2) is 15.0 Å². The summed E-state index contributed by atoms with van der Waals surface area (Å²) >= 11 is 0. The number of nitrogens with two attached hydrogens (primary N) is 1. The van der Waals surface area contributed by atoms with Crippen LogP contribution in [0.5, 0.6) is 0 Å². The molecule has 0 aliphatic rings. The van der Waals surface area contributed by atoms with Gasteiger partial charge in [0.25, 0.3) is 0 Å². The molecule has 0 fully saturated rings. The van der Waals surface area contributed by atoms with Gasteiger partial charge in [0.1, 0.15) is 11.5 Å². The average molecular weight is 276 g/mol. The van der Waals surface area contributed by atoms with Crippen LogP contribution in [0.3, 0.4) is 0 Å². The second-order valence-electron chi connectivity index (χ2n) is 2.98. The van der Waals surface area contributed by atoms with Gasteiger partial charge in [-0.25, -0.2) is 9.97 Å². The summed E-state index contributed by atoms with van der Waals surface area (Å²) in [5.41, 5.74) is 7.29. The Morgan fingerprint density at radius 2 is 1.50 bits per heavy atom. The highest BCUT2D eigenvalue weighted by molar-refractivity contribution is 5.52. The molecule has 4 nitrogen and oxygen atoms in total. The van der Waals surface area contributed by atoms with Gasteiger partial charge in [0.2, 0.25) is 0 Å². The highest BCUT2D eigenvalue weighted by Crippen LogP contribution is 2.13. The summed E-state index contributed by atoms with van der Waals surface area (Å²) < 4.78 is 0. The van der Waals surface area contributed by atoms with E-state index in [1.54, 1.807) is 12.4 Å². The zero-order valence-corrected chi connectivity index (χ0v) is 13.8. The fourth-order valence-corrected chi connectivity index (χ4v) is 1.07. The van der Waals surface area contributed by atoms with Crippen LogP contribution >= 0.6 is 0 Å². The van der Waals surface area contributed by atoms with Crippen molar-refractivity contribution in [2.24, 2.45) is 0 Å². The van der Waals surface area contributed by atoms with Gasteiger partial charge in [-0.2, -0.15) is 0 Å². The van der Waals surface area contributed by atoms with Crippen molar-refractivity contribution < 1.29 is 0 Å². The standard InChI is InChI=1S/C10H10N4.3C2H6/c1-7-6-13-10(14-9(7)11)8-4-2-3-5-12-8;3*1-2/h2-6H,1H3,(H2,11,13,14);3*1-2H3. The molecule has 0 aromatic carbocycles. The van der Waals surface area contributed by atoms with E-state index in [1.165, 1.54) is 0 Å². The monoisotopic (exact) mass is 276 g/mol. The number of rotatable bonds is 1. The first-order chi connectivity index (χ1) is 9.77. The van der Waals surface area contributed by atoms with Gasteiger partial charge in [-0.05, 0) is 19.1 Å². The van der Waals surface area contributed by atoms with Crippen LogP contribution in [0.15, 0.2) is 30.6 Å². The number of nitrogen functional groups attached to an aromatic ring is 1. The Bertz CT molecular complexity index is 441. The van der Waals surface area contributed by atoms with E-state index in [1.807, 2.05) is 66.7 Å². The summed E-state index contributed by atoms with van der Waals surface area (Å²) in [6.45, 7) is 13.9. The maximum absolute atomic E-state index is 5.68. The second-order valence-corrected chi connectivity index (χ2v) is 2.98. The molecule has 0 unspecified atom stereocenters. The number of hydrogen-bond donors (Lipinski definition) is 1. The molecule has 2 heterocycles. The number of aromatic nitrogens is 3. The van der Waals surface area contributed by atoms with Crippen LogP contribution in [-0.2, 0) is 0 Å². The summed E-state index contributed by atoms with van der Waals surface area (Å²) in [5, 5.41) is 0. The first-order valence-corrected chi connectivity index (χ1v) is 7.28. The summed E-state index contributed by atoms with van der Waals surface area (Å²) in [4.78, 5) is 12.4. The molecule has 0 amide bonds. The van der Waals surface area contributed by atoms with Crippen LogP contribution in [0.25, 0.3) is 11.5 Å². The predicted octanol–water partition coefficient (Wildman–Crippen LogP) is 4.51. The molecule has 0 radical (unpaired) electrons. The first kappa shape index (κ1) is 20.3. The Kier molecular flexibility index (Phi) is 13.7. The van der Waals surface area contributed by atoms with Gasteiger partial charge in [0, 0.05) is 18.0 Å². The molecule has 2 N–H and O–H groups in total. The fourth-order valence-electron chi connectivity index (χ4n) is 1.07. The van der Waals surface area contributed by atoms with Crippen LogP contribution in [0, 0.1) is 6.92 Å². The molecule has 0 bridgehead atoms. The third kappa shape index (κ3) is 6.83. The molecule has 0 aliphatic heterocycles. The van der Waals surface area contributed by atoms with Crippen molar-refractivity contribution in [2.45, 2.75) is 48.5 Å². The normalized spacial score (nSPS) is 7.95. The van der Waals surface area contributed by atoms with Crippen molar-refractivity contribution >= 4 is 5.82 Å². The van der Waals surface area contributed by atoms with Crippen molar-refractivity contribution in [2.75, 3.05) is 5.73 Å². The molecule has 4 heteroatoms. The minimum atomic E-state index is 0.501. The Labute approximate surface area is 123 Å². The van der Waals surface area contributed by atoms with E-state index in [0.29, 0.717) is 11.6 Å². The number of anilines is 1. The minimum absolute atomic E-state index is 0.501. The molecule has 2 rings (SSSR count). The Morgan fingerprint density at radius 3 is 1.95 bits per heavy atom.